The molecule has 5 rings (SSSR count). The van der Waals surface area contributed by atoms with E-state index in [4.69, 9.17) is 25.0 Å². The minimum Gasteiger partial charge on any atom is -0.489 e. The normalized spacial score (nSPS) is 21.2. The summed E-state index contributed by atoms with van der Waals surface area (Å²) in [4.78, 5) is 17.1. The van der Waals surface area contributed by atoms with Crippen molar-refractivity contribution in [2.45, 2.75) is 83.8 Å². The molecule has 9 heteroatoms. The van der Waals surface area contributed by atoms with Crippen LogP contribution in [0.25, 0.3) is 10.9 Å². The average molecular weight is 556 g/mol. The lowest BCUT2D eigenvalue weighted by Crippen LogP contribution is -2.47. The Kier molecular flexibility index (Phi) is 8.80. The predicted molar refractivity (Wildman–Crippen MR) is 158 cm³/mol. The van der Waals surface area contributed by atoms with Crippen LogP contribution in [0.5, 0.6) is 5.75 Å². The van der Waals surface area contributed by atoms with Crippen LogP contribution in [0.15, 0.2) is 18.3 Å². The van der Waals surface area contributed by atoms with E-state index in [0.29, 0.717) is 36.1 Å². The van der Waals surface area contributed by atoms with Gasteiger partial charge in [-0.3, -0.25) is 4.68 Å². The first-order valence-electron chi connectivity index (χ1n) is 15.2. The first-order chi connectivity index (χ1) is 19.1. The Morgan fingerprint density at radius 3 is 2.38 bits per heavy atom. The van der Waals surface area contributed by atoms with Crippen molar-refractivity contribution in [3.05, 3.63) is 18.3 Å². The van der Waals surface area contributed by atoms with Gasteiger partial charge in [-0.2, -0.15) is 5.10 Å². The molecular formula is C31H49N5O4. The molecule has 222 valence electrons. The molecule has 1 saturated carbocycles. The molecule has 1 amide bonds. The SMILES string of the molecule is COCCOc1cc2nn(C3CCN(CC4CCC5(CC4)CCN(C(=O)OC(C)(C)C)CC5)CC3)cc2cc1N. The second-order valence-electron chi connectivity index (χ2n) is 13.3. The van der Waals surface area contributed by atoms with Gasteiger partial charge in [0.15, 0.2) is 0 Å². The first-order valence-corrected chi connectivity index (χ1v) is 15.2. The maximum atomic E-state index is 12.5. The van der Waals surface area contributed by atoms with E-state index in [2.05, 4.69) is 15.8 Å². The molecule has 1 spiro atoms. The number of nitrogens with zero attached hydrogens (tertiary/aromatic N) is 4. The molecule has 1 aliphatic carbocycles. The van der Waals surface area contributed by atoms with Crippen molar-refractivity contribution in [2.24, 2.45) is 11.3 Å². The van der Waals surface area contributed by atoms with Crippen molar-refractivity contribution in [1.82, 2.24) is 19.6 Å². The van der Waals surface area contributed by atoms with Crippen LogP contribution in [0.1, 0.15) is 78.2 Å². The highest BCUT2D eigenvalue weighted by atomic mass is 16.6. The van der Waals surface area contributed by atoms with Gasteiger partial charge in [0, 0.05) is 57.5 Å². The average Bonchev–Trinajstić information content (AvgIpc) is 3.33. The van der Waals surface area contributed by atoms with Crippen LogP contribution >= 0.6 is 0 Å². The highest BCUT2D eigenvalue weighted by Gasteiger charge is 2.40. The Bertz CT molecular complexity index is 1130. The van der Waals surface area contributed by atoms with Crippen LogP contribution in [-0.4, -0.2) is 84.3 Å². The lowest BCUT2D eigenvalue weighted by Gasteiger charge is -2.46. The summed E-state index contributed by atoms with van der Waals surface area (Å²) in [5, 5.41) is 5.95. The molecule has 40 heavy (non-hydrogen) atoms. The highest BCUT2D eigenvalue weighted by molar-refractivity contribution is 5.84. The quantitative estimate of drug-likeness (QED) is 0.357. The van der Waals surface area contributed by atoms with E-state index in [1.165, 1.54) is 32.2 Å². The zero-order valence-corrected chi connectivity index (χ0v) is 25.0. The van der Waals surface area contributed by atoms with Crippen molar-refractivity contribution in [1.29, 1.82) is 0 Å². The van der Waals surface area contributed by atoms with E-state index < -0.39 is 5.60 Å². The molecule has 0 bridgehead atoms. The van der Waals surface area contributed by atoms with Crippen molar-refractivity contribution in [3.8, 4) is 5.75 Å². The number of nitrogens with two attached hydrogens (primary N) is 1. The number of rotatable bonds is 7. The first kappa shape index (κ1) is 29.0. The van der Waals surface area contributed by atoms with Gasteiger partial charge in [0.1, 0.15) is 18.0 Å². The molecule has 1 aromatic carbocycles. The van der Waals surface area contributed by atoms with Crippen LogP contribution < -0.4 is 10.5 Å². The van der Waals surface area contributed by atoms with Gasteiger partial charge in [0.25, 0.3) is 0 Å². The fraction of sp³-hybridized carbons (Fsp3) is 0.742. The molecule has 1 aromatic heterocycles. The third-order valence-electron chi connectivity index (χ3n) is 9.29. The Balaban J connectivity index is 1.06. The number of amides is 1. The number of likely N-dealkylation sites (tertiary alicyclic amines) is 2. The van der Waals surface area contributed by atoms with Crippen LogP contribution in [0.2, 0.25) is 0 Å². The number of benzene rings is 1. The molecule has 9 nitrogen and oxygen atoms in total. The standard InChI is InChI=1S/C31H49N5O4/c1-30(2,3)40-29(37)35-15-11-31(12-16-35)9-5-23(6-10-31)21-34-13-7-25(8-14-34)36-22-24-19-26(32)28(20-27(24)33-36)39-18-17-38-4/h19-20,22-23,25H,5-18,21,32H2,1-4H3. The molecule has 0 radical (unpaired) electrons. The summed E-state index contributed by atoms with van der Waals surface area (Å²) in [6.07, 6.45) is 11.7. The Labute approximate surface area is 239 Å². The summed E-state index contributed by atoms with van der Waals surface area (Å²) in [5.41, 5.74) is 7.79. The molecule has 2 saturated heterocycles. The molecule has 0 atom stereocenters. The number of piperidine rings is 2. The van der Waals surface area contributed by atoms with Gasteiger partial charge in [-0.05, 0) is 89.5 Å². The van der Waals surface area contributed by atoms with Crippen LogP contribution in [0.4, 0.5) is 10.5 Å². The number of aromatic nitrogens is 2. The molecule has 2 N–H and O–H groups in total. The number of methoxy groups -OCH3 is 1. The lowest BCUT2D eigenvalue weighted by molar-refractivity contribution is -0.000365. The molecule has 0 unspecified atom stereocenters. The van der Waals surface area contributed by atoms with Crippen LogP contribution in [0, 0.1) is 11.3 Å². The Morgan fingerprint density at radius 1 is 1.02 bits per heavy atom. The topological polar surface area (TPSA) is 95.1 Å². The van der Waals surface area contributed by atoms with Crippen LogP contribution in [-0.2, 0) is 9.47 Å². The minimum absolute atomic E-state index is 0.150. The van der Waals surface area contributed by atoms with Gasteiger partial charge in [-0.1, -0.05) is 0 Å². The van der Waals surface area contributed by atoms with E-state index in [9.17, 15) is 4.79 Å². The van der Waals surface area contributed by atoms with Gasteiger partial charge in [-0.25, -0.2) is 4.79 Å². The van der Waals surface area contributed by atoms with Gasteiger partial charge in [-0.15, -0.1) is 0 Å². The summed E-state index contributed by atoms with van der Waals surface area (Å²) in [6.45, 7) is 12.0. The van der Waals surface area contributed by atoms with E-state index in [1.807, 2.05) is 37.8 Å². The Morgan fingerprint density at radius 2 is 1.73 bits per heavy atom. The van der Waals surface area contributed by atoms with E-state index >= 15 is 0 Å². The number of fused-ring (bicyclic) bond motifs is 1. The third-order valence-corrected chi connectivity index (χ3v) is 9.29. The van der Waals surface area contributed by atoms with E-state index in [1.54, 1.807) is 7.11 Å². The number of nitrogen functional groups attached to an aromatic ring is 1. The summed E-state index contributed by atoms with van der Waals surface area (Å²) >= 11 is 0. The van der Waals surface area contributed by atoms with Crippen LogP contribution in [0.3, 0.4) is 0 Å². The fourth-order valence-electron chi connectivity index (χ4n) is 6.83. The monoisotopic (exact) mass is 555 g/mol. The number of hydrogen-bond donors (Lipinski definition) is 1. The Hall–Kier alpha value is -2.52. The van der Waals surface area contributed by atoms with Gasteiger partial charge < -0.3 is 29.7 Å². The molecular weight excluding hydrogens is 506 g/mol. The number of hydrogen-bond acceptors (Lipinski definition) is 7. The maximum absolute atomic E-state index is 12.5. The molecule has 2 aromatic rings. The summed E-state index contributed by atoms with van der Waals surface area (Å²) < 4.78 is 18.6. The fourth-order valence-corrected chi connectivity index (χ4v) is 6.83. The molecule has 3 heterocycles. The lowest BCUT2D eigenvalue weighted by atomic mass is 9.65. The van der Waals surface area contributed by atoms with E-state index in [-0.39, 0.29) is 6.09 Å². The summed E-state index contributed by atoms with van der Waals surface area (Å²) in [5.74, 6) is 1.46. The van der Waals surface area contributed by atoms with E-state index in [0.717, 1.165) is 68.7 Å². The van der Waals surface area contributed by atoms with Crippen molar-refractivity contribution >= 4 is 22.7 Å². The smallest absolute Gasteiger partial charge is 0.410 e. The molecule has 2 aliphatic heterocycles. The van der Waals surface area contributed by atoms with Crippen molar-refractivity contribution in [3.63, 3.8) is 0 Å². The maximum Gasteiger partial charge on any atom is 0.410 e. The van der Waals surface area contributed by atoms with Crippen molar-refractivity contribution in [2.75, 3.05) is 58.8 Å². The van der Waals surface area contributed by atoms with Gasteiger partial charge in [0.2, 0.25) is 0 Å². The summed E-state index contributed by atoms with van der Waals surface area (Å²) in [6, 6.07) is 4.34. The number of ether oxygens (including phenoxy) is 3. The second-order valence-corrected chi connectivity index (χ2v) is 13.3. The molecule has 3 fully saturated rings. The third kappa shape index (κ3) is 7.03. The minimum atomic E-state index is -0.427. The van der Waals surface area contributed by atoms with Crippen molar-refractivity contribution < 1.29 is 19.0 Å². The largest absolute Gasteiger partial charge is 0.489 e. The molecule has 3 aliphatic rings. The summed E-state index contributed by atoms with van der Waals surface area (Å²) in [7, 11) is 1.66. The second kappa shape index (κ2) is 12.1. The predicted octanol–water partition coefficient (Wildman–Crippen LogP) is 5.49. The highest BCUT2D eigenvalue weighted by Crippen LogP contribution is 2.46. The number of carbonyl (C=O) groups is 1. The number of carbonyl (C=O) groups excluding carboxylic acids is 1. The van der Waals surface area contributed by atoms with Gasteiger partial charge in [0.05, 0.1) is 23.9 Å². The zero-order valence-electron chi connectivity index (χ0n) is 25.0. The number of anilines is 1. The van der Waals surface area contributed by atoms with Gasteiger partial charge >= 0.3 is 6.09 Å². The zero-order chi connectivity index (χ0) is 28.3.